The number of fused-ring (bicyclic) bond motifs is 1. The number of imide groups is 1. The fraction of sp³-hybridized carbons (Fsp3) is 0.814. The van der Waals surface area contributed by atoms with Crippen LogP contribution in [-0.2, 0) is 47.4 Å². The van der Waals surface area contributed by atoms with Crippen molar-refractivity contribution in [3.63, 3.8) is 0 Å². The van der Waals surface area contributed by atoms with Crippen molar-refractivity contribution in [2.75, 3.05) is 139 Å². The van der Waals surface area contributed by atoms with Gasteiger partial charge in [0.05, 0.1) is 143 Å². The van der Waals surface area contributed by atoms with Gasteiger partial charge in [-0.3, -0.25) is 14.5 Å². The lowest BCUT2D eigenvalue weighted by Gasteiger charge is -2.13. The molecule has 0 unspecified atom stereocenters. The summed E-state index contributed by atoms with van der Waals surface area (Å²) in [6.45, 7) is 12.6. The molecular weight excluding hydrogens is 722 g/mol. The fourth-order valence-corrected chi connectivity index (χ4v) is 5.90. The summed E-state index contributed by atoms with van der Waals surface area (Å²) in [5.74, 6) is -0.549. The molecule has 2 rings (SSSR count). The van der Waals surface area contributed by atoms with Crippen molar-refractivity contribution in [2.24, 2.45) is 0 Å². The summed E-state index contributed by atoms with van der Waals surface area (Å²) in [6, 6.07) is 6.83. The van der Waals surface area contributed by atoms with E-state index in [2.05, 4.69) is 6.92 Å². The van der Waals surface area contributed by atoms with Crippen LogP contribution in [-0.4, -0.2) is 155 Å². The Kier molecular flexibility index (Phi) is 34.4. The number of hydrogen-bond acceptors (Lipinski definition) is 12. The van der Waals surface area contributed by atoms with Gasteiger partial charge in [-0.2, -0.15) is 0 Å². The Labute approximate surface area is 337 Å². The van der Waals surface area contributed by atoms with Gasteiger partial charge in [-0.1, -0.05) is 96.1 Å². The van der Waals surface area contributed by atoms with Gasteiger partial charge in [-0.25, -0.2) is 0 Å². The van der Waals surface area contributed by atoms with E-state index in [1.54, 1.807) is 24.3 Å². The van der Waals surface area contributed by atoms with Gasteiger partial charge >= 0.3 is 0 Å². The van der Waals surface area contributed by atoms with Crippen LogP contribution in [0, 0.1) is 0 Å². The van der Waals surface area contributed by atoms with Crippen molar-refractivity contribution >= 4 is 11.8 Å². The molecule has 0 saturated heterocycles. The molecule has 1 aromatic rings. The molecule has 1 aromatic carbocycles. The Morgan fingerprint density at radius 1 is 0.339 bits per heavy atom. The van der Waals surface area contributed by atoms with Crippen molar-refractivity contribution in [1.29, 1.82) is 0 Å². The van der Waals surface area contributed by atoms with Crippen LogP contribution in [0.1, 0.15) is 111 Å². The number of unbranched alkanes of at least 4 members (excludes halogenated alkanes) is 12. The molecule has 1 heterocycles. The highest BCUT2D eigenvalue weighted by Crippen LogP contribution is 2.22. The summed E-state index contributed by atoms with van der Waals surface area (Å²) < 4.78 is 55.3. The first-order chi connectivity index (χ1) is 27.8. The predicted octanol–water partition coefficient (Wildman–Crippen LogP) is 6.54. The van der Waals surface area contributed by atoms with Crippen LogP contribution in [0.4, 0.5) is 0 Å². The number of carbonyl (C=O) groups is 2. The summed E-state index contributed by atoms with van der Waals surface area (Å²) >= 11 is 0. The summed E-state index contributed by atoms with van der Waals surface area (Å²) in [6.07, 6.45) is 17.7. The van der Waals surface area contributed by atoms with Gasteiger partial charge < -0.3 is 47.4 Å². The smallest absolute Gasteiger partial charge is 0.261 e. The van der Waals surface area contributed by atoms with Gasteiger partial charge in [0.1, 0.15) is 0 Å². The van der Waals surface area contributed by atoms with Crippen LogP contribution in [0.15, 0.2) is 24.3 Å². The molecule has 0 aliphatic carbocycles. The SMILES string of the molecule is CCCCCCCCCCCCCCCOCCOCCOCCOCCOCCOCCOCCOCCOCCOCCN1C(=O)c2ccccc2C1=O. The molecular formula is C43H75NO12. The van der Waals surface area contributed by atoms with Crippen LogP contribution in [0.3, 0.4) is 0 Å². The van der Waals surface area contributed by atoms with Crippen molar-refractivity contribution < 1.29 is 57.0 Å². The van der Waals surface area contributed by atoms with Gasteiger partial charge in [-0.15, -0.1) is 0 Å². The summed E-state index contributed by atoms with van der Waals surface area (Å²) in [5, 5.41) is 0. The Bertz CT molecular complexity index is 1010. The number of hydrogen-bond donors (Lipinski definition) is 0. The molecule has 0 N–H and O–H groups in total. The van der Waals surface area contributed by atoms with Crippen LogP contribution >= 0.6 is 0 Å². The molecule has 2 amide bonds. The summed E-state index contributed by atoms with van der Waals surface area (Å²) in [4.78, 5) is 25.9. The first kappa shape index (κ1) is 50.1. The number of carbonyl (C=O) groups excluding carboxylic acids is 2. The van der Waals surface area contributed by atoms with Crippen molar-refractivity contribution in [3.05, 3.63) is 35.4 Å². The summed E-state index contributed by atoms with van der Waals surface area (Å²) in [7, 11) is 0. The van der Waals surface area contributed by atoms with Gasteiger partial charge in [0.2, 0.25) is 0 Å². The molecule has 324 valence electrons. The molecule has 13 heteroatoms. The molecule has 0 spiro atoms. The lowest BCUT2D eigenvalue weighted by atomic mass is 10.0. The number of amides is 2. The molecule has 0 aromatic heterocycles. The Morgan fingerprint density at radius 2 is 0.589 bits per heavy atom. The zero-order valence-electron chi connectivity index (χ0n) is 34.7. The maximum absolute atomic E-state index is 12.3. The van der Waals surface area contributed by atoms with E-state index in [1.807, 2.05) is 0 Å². The zero-order chi connectivity index (χ0) is 39.8. The zero-order valence-corrected chi connectivity index (χ0v) is 34.7. The van der Waals surface area contributed by atoms with Crippen molar-refractivity contribution in [2.45, 2.75) is 90.4 Å². The van der Waals surface area contributed by atoms with Gasteiger partial charge in [0, 0.05) is 6.61 Å². The summed E-state index contributed by atoms with van der Waals surface area (Å²) in [5.41, 5.74) is 0.890. The molecule has 13 nitrogen and oxygen atoms in total. The molecule has 1 aliphatic heterocycles. The minimum atomic E-state index is -0.274. The maximum Gasteiger partial charge on any atom is 0.261 e. The Balaban J connectivity index is 1.14. The average Bonchev–Trinajstić information content (AvgIpc) is 3.45. The molecule has 0 saturated carbocycles. The number of benzene rings is 1. The van der Waals surface area contributed by atoms with E-state index in [9.17, 15) is 9.59 Å². The van der Waals surface area contributed by atoms with E-state index in [4.69, 9.17) is 47.4 Å². The third-order valence-corrected chi connectivity index (χ3v) is 9.08. The number of rotatable bonds is 44. The van der Waals surface area contributed by atoms with Crippen LogP contribution < -0.4 is 0 Å². The van der Waals surface area contributed by atoms with Crippen LogP contribution in [0.5, 0.6) is 0 Å². The Morgan fingerprint density at radius 3 is 0.893 bits per heavy atom. The van der Waals surface area contributed by atoms with E-state index in [-0.39, 0.29) is 25.0 Å². The van der Waals surface area contributed by atoms with Crippen molar-refractivity contribution in [3.8, 4) is 0 Å². The highest BCUT2D eigenvalue weighted by atomic mass is 16.6. The maximum atomic E-state index is 12.3. The van der Waals surface area contributed by atoms with Crippen molar-refractivity contribution in [1.82, 2.24) is 4.90 Å². The molecule has 0 atom stereocenters. The van der Waals surface area contributed by atoms with E-state index >= 15 is 0 Å². The van der Waals surface area contributed by atoms with Gasteiger partial charge in [0.25, 0.3) is 11.8 Å². The third kappa shape index (κ3) is 27.6. The third-order valence-electron chi connectivity index (χ3n) is 9.08. The lowest BCUT2D eigenvalue weighted by molar-refractivity contribution is -0.0265. The van der Waals surface area contributed by atoms with Crippen LogP contribution in [0.25, 0.3) is 0 Å². The van der Waals surface area contributed by atoms with E-state index in [0.29, 0.717) is 130 Å². The monoisotopic (exact) mass is 798 g/mol. The minimum Gasteiger partial charge on any atom is -0.379 e. The molecule has 0 bridgehead atoms. The highest BCUT2D eigenvalue weighted by Gasteiger charge is 2.34. The second kappa shape index (κ2) is 38.5. The van der Waals surface area contributed by atoms with Gasteiger partial charge in [-0.05, 0) is 18.6 Å². The highest BCUT2D eigenvalue weighted by molar-refractivity contribution is 6.21. The first-order valence-corrected chi connectivity index (χ1v) is 21.5. The topological polar surface area (TPSA) is 130 Å². The fourth-order valence-electron chi connectivity index (χ4n) is 5.90. The molecule has 0 fully saturated rings. The normalized spacial score (nSPS) is 12.7. The number of nitrogens with zero attached hydrogens (tertiary/aromatic N) is 1. The molecule has 56 heavy (non-hydrogen) atoms. The standard InChI is InChI=1S/C43H75NO12/c1-2-3-4-5-6-7-8-9-10-11-12-13-16-20-47-22-24-49-26-28-51-30-32-53-34-36-55-38-39-56-37-35-54-33-31-52-29-27-50-25-23-48-21-19-44-42(45)40-17-14-15-18-41(40)43(44)46/h14-15,17-18H,2-13,16,19-39H2,1H3. The predicted molar refractivity (Wildman–Crippen MR) is 216 cm³/mol. The second-order valence-corrected chi connectivity index (χ2v) is 13.7. The number of ether oxygens (including phenoxy) is 10. The second-order valence-electron chi connectivity index (χ2n) is 13.7. The van der Waals surface area contributed by atoms with Gasteiger partial charge in [0.15, 0.2) is 0 Å². The van der Waals surface area contributed by atoms with E-state index in [1.165, 1.54) is 81.9 Å². The largest absolute Gasteiger partial charge is 0.379 e. The first-order valence-electron chi connectivity index (χ1n) is 21.5. The van der Waals surface area contributed by atoms with Crippen LogP contribution in [0.2, 0.25) is 0 Å². The van der Waals surface area contributed by atoms with E-state index in [0.717, 1.165) is 13.0 Å². The lowest BCUT2D eigenvalue weighted by Crippen LogP contribution is -2.33. The minimum absolute atomic E-state index is 0.217. The Hall–Kier alpha value is -2.04. The molecule has 0 radical (unpaired) electrons. The molecule has 1 aliphatic rings. The quantitative estimate of drug-likeness (QED) is 0.0525. The average molecular weight is 798 g/mol. The van der Waals surface area contributed by atoms with E-state index < -0.39 is 0 Å².